The first-order chi connectivity index (χ1) is 13.1. The lowest BCUT2D eigenvalue weighted by atomic mass is 10.1. The molecule has 0 unspecified atom stereocenters. The van der Waals surface area contributed by atoms with Crippen molar-refractivity contribution < 1.29 is 4.79 Å². The zero-order valence-corrected chi connectivity index (χ0v) is 15.5. The van der Waals surface area contributed by atoms with Gasteiger partial charge >= 0.3 is 0 Å². The Labute approximate surface area is 159 Å². The molecule has 0 radical (unpaired) electrons. The summed E-state index contributed by atoms with van der Waals surface area (Å²) in [5.74, 6) is 0.486. The number of amides is 1. The van der Waals surface area contributed by atoms with Crippen LogP contribution in [0.15, 0.2) is 67.1 Å². The Morgan fingerprint density at radius 1 is 1.04 bits per heavy atom. The number of nitrogens with zero attached hydrogens (tertiary/aromatic N) is 4. The maximum atomic E-state index is 13.0. The molecule has 6 heteroatoms. The second-order valence-electron chi connectivity index (χ2n) is 6.48. The molecule has 0 saturated heterocycles. The van der Waals surface area contributed by atoms with Gasteiger partial charge in [-0.25, -0.2) is 9.97 Å². The van der Waals surface area contributed by atoms with Crippen molar-refractivity contribution in [1.82, 2.24) is 19.9 Å². The van der Waals surface area contributed by atoms with E-state index in [1.807, 2.05) is 62.4 Å². The SMILES string of the molecule is CC(C)N(Cc1ccccc1)C(=O)c1cc(NCc2ccccn2)ncn1. The predicted octanol–water partition coefficient (Wildman–Crippen LogP) is 3.53. The summed E-state index contributed by atoms with van der Waals surface area (Å²) in [6.45, 7) is 5.08. The molecule has 0 spiro atoms. The molecule has 1 amide bonds. The molecule has 0 saturated carbocycles. The second-order valence-corrected chi connectivity index (χ2v) is 6.48. The predicted molar refractivity (Wildman–Crippen MR) is 105 cm³/mol. The number of nitrogens with one attached hydrogen (secondary N) is 1. The van der Waals surface area contributed by atoms with Crippen molar-refractivity contribution in [3.63, 3.8) is 0 Å². The Hall–Kier alpha value is -3.28. The van der Waals surface area contributed by atoms with Gasteiger partial charge in [0.25, 0.3) is 5.91 Å². The third-order valence-corrected chi connectivity index (χ3v) is 4.14. The molecular weight excluding hydrogens is 338 g/mol. The van der Waals surface area contributed by atoms with Gasteiger partial charge < -0.3 is 10.2 Å². The van der Waals surface area contributed by atoms with Gasteiger partial charge in [-0.1, -0.05) is 36.4 Å². The van der Waals surface area contributed by atoms with Crippen molar-refractivity contribution in [2.45, 2.75) is 33.0 Å². The number of pyridine rings is 1. The quantitative estimate of drug-likeness (QED) is 0.697. The highest BCUT2D eigenvalue weighted by atomic mass is 16.2. The fourth-order valence-electron chi connectivity index (χ4n) is 2.67. The minimum Gasteiger partial charge on any atom is -0.364 e. The van der Waals surface area contributed by atoms with E-state index in [1.165, 1.54) is 6.33 Å². The Bertz CT molecular complexity index is 868. The van der Waals surface area contributed by atoms with E-state index in [0.29, 0.717) is 24.6 Å². The molecule has 2 aromatic heterocycles. The van der Waals surface area contributed by atoms with Crippen LogP contribution in [0.25, 0.3) is 0 Å². The average Bonchev–Trinajstić information content (AvgIpc) is 2.71. The molecule has 0 aliphatic heterocycles. The Kier molecular flexibility index (Phi) is 6.10. The summed E-state index contributed by atoms with van der Waals surface area (Å²) in [5.41, 5.74) is 2.36. The summed E-state index contributed by atoms with van der Waals surface area (Å²) in [4.78, 5) is 27.5. The monoisotopic (exact) mass is 361 g/mol. The molecule has 3 rings (SSSR count). The van der Waals surface area contributed by atoms with Crippen LogP contribution >= 0.6 is 0 Å². The number of carbonyl (C=O) groups is 1. The number of aromatic nitrogens is 3. The van der Waals surface area contributed by atoms with Gasteiger partial charge in [0.15, 0.2) is 0 Å². The Balaban J connectivity index is 1.72. The van der Waals surface area contributed by atoms with Gasteiger partial charge in [0.2, 0.25) is 0 Å². The van der Waals surface area contributed by atoms with Crippen LogP contribution in [-0.4, -0.2) is 31.8 Å². The van der Waals surface area contributed by atoms with Crippen molar-refractivity contribution >= 4 is 11.7 Å². The van der Waals surface area contributed by atoms with Gasteiger partial charge in [0.1, 0.15) is 17.8 Å². The highest BCUT2D eigenvalue weighted by molar-refractivity contribution is 5.93. The molecule has 0 aliphatic rings. The molecule has 2 heterocycles. The maximum Gasteiger partial charge on any atom is 0.273 e. The minimum absolute atomic E-state index is 0.0533. The van der Waals surface area contributed by atoms with E-state index in [2.05, 4.69) is 20.3 Å². The highest BCUT2D eigenvalue weighted by Crippen LogP contribution is 2.14. The zero-order chi connectivity index (χ0) is 19.1. The van der Waals surface area contributed by atoms with E-state index in [1.54, 1.807) is 17.2 Å². The number of rotatable bonds is 7. The van der Waals surface area contributed by atoms with E-state index in [4.69, 9.17) is 0 Å². The fourth-order valence-corrected chi connectivity index (χ4v) is 2.67. The third kappa shape index (κ3) is 5.10. The molecule has 6 nitrogen and oxygen atoms in total. The highest BCUT2D eigenvalue weighted by Gasteiger charge is 2.20. The summed E-state index contributed by atoms with van der Waals surface area (Å²) in [7, 11) is 0. The van der Waals surface area contributed by atoms with E-state index in [-0.39, 0.29) is 11.9 Å². The molecule has 0 fully saturated rings. The van der Waals surface area contributed by atoms with Crippen LogP contribution in [0.2, 0.25) is 0 Å². The summed E-state index contributed by atoms with van der Waals surface area (Å²) in [5, 5.41) is 3.19. The standard InChI is InChI=1S/C21H23N5O/c1-16(2)26(14-17-8-4-3-5-9-17)21(27)19-12-20(25-15-24-19)23-13-18-10-6-7-11-22-18/h3-12,15-16H,13-14H2,1-2H3,(H,23,24,25). The van der Waals surface area contributed by atoms with Crippen molar-refractivity contribution in [3.05, 3.63) is 84.1 Å². The number of anilines is 1. The lowest BCUT2D eigenvalue weighted by Gasteiger charge is -2.26. The molecule has 27 heavy (non-hydrogen) atoms. The molecule has 1 N–H and O–H groups in total. The van der Waals surface area contributed by atoms with Crippen molar-refractivity contribution in [2.75, 3.05) is 5.32 Å². The number of carbonyl (C=O) groups excluding carboxylic acids is 1. The largest absolute Gasteiger partial charge is 0.364 e. The molecule has 3 aromatic rings. The normalized spacial score (nSPS) is 10.6. The average molecular weight is 361 g/mol. The van der Waals surface area contributed by atoms with Gasteiger partial charge in [-0.2, -0.15) is 0 Å². The van der Waals surface area contributed by atoms with E-state index < -0.39 is 0 Å². The first kappa shape index (κ1) is 18.5. The van der Waals surface area contributed by atoms with Crippen molar-refractivity contribution in [2.24, 2.45) is 0 Å². The first-order valence-corrected chi connectivity index (χ1v) is 8.94. The van der Waals surface area contributed by atoms with Gasteiger partial charge in [0.05, 0.1) is 12.2 Å². The van der Waals surface area contributed by atoms with Crippen LogP contribution in [0, 0.1) is 0 Å². The second kappa shape index (κ2) is 8.89. The van der Waals surface area contributed by atoms with Crippen LogP contribution in [0.3, 0.4) is 0 Å². The molecule has 0 atom stereocenters. The Morgan fingerprint density at radius 3 is 2.52 bits per heavy atom. The van der Waals surface area contributed by atoms with Crippen LogP contribution in [0.1, 0.15) is 35.6 Å². The minimum atomic E-state index is -0.114. The number of hydrogen-bond acceptors (Lipinski definition) is 5. The van der Waals surface area contributed by atoms with E-state index in [9.17, 15) is 4.79 Å². The molecule has 0 aliphatic carbocycles. The van der Waals surface area contributed by atoms with Gasteiger partial charge in [-0.3, -0.25) is 9.78 Å². The third-order valence-electron chi connectivity index (χ3n) is 4.14. The number of benzene rings is 1. The summed E-state index contributed by atoms with van der Waals surface area (Å²) < 4.78 is 0. The first-order valence-electron chi connectivity index (χ1n) is 8.94. The summed E-state index contributed by atoms with van der Waals surface area (Å²) in [6.07, 6.45) is 3.16. The van der Waals surface area contributed by atoms with Gasteiger partial charge in [-0.05, 0) is 31.5 Å². The molecule has 0 bridgehead atoms. The van der Waals surface area contributed by atoms with Crippen LogP contribution in [0.4, 0.5) is 5.82 Å². The molecule has 138 valence electrons. The van der Waals surface area contributed by atoms with Crippen molar-refractivity contribution in [3.8, 4) is 0 Å². The van der Waals surface area contributed by atoms with Crippen LogP contribution < -0.4 is 5.32 Å². The van der Waals surface area contributed by atoms with Crippen molar-refractivity contribution in [1.29, 1.82) is 0 Å². The lowest BCUT2D eigenvalue weighted by molar-refractivity contribution is 0.0684. The maximum absolute atomic E-state index is 13.0. The van der Waals surface area contributed by atoms with Gasteiger partial charge in [0, 0.05) is 24.8 Å². The smallest absolute Gasteiger partial charge is 0.273 e. The van der Waals surface area contributed by atoms with Crippen LogP contribution in [0.5, 0.6) is 0 Å². The van der Waals surface area contributed by atoms with Gasteiger partial charge in [-0.15, -0.1) is 0 Å². The summed E-state index contributed by atoms with van der Waals surface area (Å²) >= 11 is 0. The summed E-state index contributed by atoms with van der Waals surface area (Å²) in [6, 6.07) is 17.4. The van der Waals surface area contributed by atoms with Crippen LogP contribution in [-0.2, 0) is 13.1 Å². The topological polar surface area (TPSA) is 71.0 Å². The zero-order valence-electron chi connectivity index (χ0n) is 15.5. The molecular formula is C21H23N5O. The van der Waals surface area contributed by atoms with E-state index in [0.717, 1.165) is 11.3 Å². The Morgan fingerprint density at radius 2 is 1.81 bits per heavy atom. The fraction of sp³-hybridized carbons (Fsp3) is 0.238. The lowest BCUT2D eigenvalue weighted by Crippen LogP contribution is -2.36. The number of hydrogen-bond donors (Lipinski definition) is 1. The molecule has 1 aromatic carbocycles. The van der Waals surface area contributed by atoms with E-state index >= 15 is 0 Å².